The maximum Gasteiger partial charge on any atom is 0.224 e. The molecule has 2 unspecified atom stereocenters. The second kappa shape index (κ2) is 7.24. The van der Waals surface area contributed by atoms with Gasteiger partial charge in [-0.15, -0.1) is 12.4 Å². The van der Waals surface area contributed by atoms with Gasteiger partial charge in [-0.05, 0) is 56.7 Å². The summed E-state index contributed by atoms with van der Waals surface area (Å²) in [5.74, 6) is 1.58. The zero-order valence-corrected chi connectivity index (χ0v) is 16.6. The Bertz CT molecular complexity index is 792. The Labute approximate surface area is 161 Å². The minimum atomic E-state index is -0.0701. The molecular weight excluding hydrogens is 348 g/mol. The first-order valence-electron chi connectivity index (χ1n) is 9.51. The minimum absolute atomic E-state index is 0. The van der Waals surface area contributed by atoms with Crippen LogP contribution in [0.15, 0.2) is 28.7 Å². The van der Waals surface area contributed by atoms with Crippen LogP contribution in [-0.4, -0.2) is 19.0 Å². The van der Waals surface area contributed by atoms with E-state index in [9.17, 15) is 4.79 Å². The van der Waals surface area contributed by atoms with Gasteiger partial charge >= 0.3 is 0 Å². The highest BCUT2D eigenvalue weighted by molar-refractivity contribution is 5.85. The number of amides is 1. The van der Waals surface area contributed by atoms with E-state index in [1.54, 1.807) is 0 Å². The highest BCUT2D eigenvalue weighted by Gasteiger charge is 2.57. The number of rotatable bonds is 4. The van der Waals surface area contributed by atoms with Crippen LogP contribution < -0.4 is 10.6 Å². The molecule has 2 aliphatic rings. The van der Waals surface area contributed by atoms with Gasteiger partial charge in [-0.3, -0.25) is 4.79 Å². The SMILES string of the molecule is Cc1c(C(NC(=O)C2CC23CCNCC3)C(C)C)oc2ccccc12.Cl. The summed E-state index contributed by atoms with van der Waals surface area (Å²) in [5.41, 5.74) is 2.30. The van der Waals surface area contributed by atoms with Crippen LogP contribution in [0.1, 0.15) is 50.5 Å². The first-order chi connectivity index (χ1) is 12.0. The molecule has 2 heterocycles. The van der Waals surface area contributed by atoms with Crippen LogP contribution in [-0.2, 0) is 4.79 Å². The van der Waals surface area contributed by atoms with E-state index in [0.29, 0.717) is 0 Å². The van der Waals surface area contributed by atoms with Gasteiger partial charge in [-0.2, -0.15) is 0 Å². The van der Waals surface area contributed by atoms with E-state index < -0.39 is 0 Å². The lowest BCUT2D eigenvalue weighted by Crippen LogP contribution is -2.36. The van der Waals surface area contributed by atoms with Crippen LogP contribution >= 0.6 is 12.4 Å². The van der Waals surface area contributed by atoms with E-state index in [2.05, 4.69) is 37.5 Å². The van der Waals surface area contributed by atoms with Gasteiger partial charge in [0, 0.05) is 16.9 Å². The molecule has 2 fully saturated rings. The fraction of sp³-hybridized carbons (Fsp3) is 0.571. The molecule has 1 aliphatic carbocycles. The summed E-state index contributed by atoms with van der Waals surface area (Å²) < 4.78 is 6.14. The van der Waals surface area contributed by atoms with Crippen molar-refractivity contribution in [3.8, 4) is 0 Å². The number of carbonyl (C=O) groups is 1. The number of hydrogen-bond acceptors (Lipinski definition) is 3. The molecule has 1 aliphatic heterocycles. The molecule has 0 bridgehead atoms. The maximum atomic E-state index is 12.9. The van der Waals surface area contributed by atoms with Crippen LogP contribution in [0.4, 0.5) is 0 Å². The van der Waals surface area contributed by atoms with Crippen molar-refractivity contribution in [3.05, 3.63) is 35.6 Å². The molecule has 1 saturated heterocycles. The van der Waals surface area contributed by atoms with E-state index in [1.807, 2.05) is 18.2 Å². The quantitative estimate of drug-likeness (QED) is 0.833. The molecule has 4 rings (SSSR count). The maximum absolute atomic E-state index is 12.9. The molecular formula is C21H29ClN2O2. The third-order valence-corrected chi connectivity index (χ3v) is 6.23. The number of nitrogens with one attached hydrogen (secondary N) is 2. The van der Waals surface area contributed by atoms with Crippen molar-refractivity contribution in [2.45, 2.75) is 46.1 Å². The Morgan fingerprint density at radius 1 is 1.27 bits per heavy atom. The average molecular weight is 377 g/mol. The molecule has 1 saturated carbocycles. The van der Waals surface area contributed by atoms with Crippen LogP contribution in [0, 0.1) is 24.2 Å². The van der Waals surface area contributed by atoms with E-state index in [1.165, 1.54) is 0 Å². The molecule has 2 atom stereocenters. The first kappa shape index (κ1) is 19.2. The third-order valence-electron chi connectivity index (χ3n) is 6.23. The van der Waals surface area contributed by atoms with Gasteiger partial charge in [0.05, 0.1) is 6.04 Å². The van der Waals surface area contributed by atoms with Crippen molar-refractivity contribution < 1.29 is 9.21 Å². The van der Waals surface area contributed by atoms with Gasteiger partial charge in [-0.1, -0.05) is 32.0 Å². The second-order valence-corrected chi connectivity index (χ2v) is 8.19. The molecule has 1 spiro atoms. The Morgan fingerprint density at radius 2 is 1.96 bits per heavy atom. The van der Waals surface area contributed by atoms with Crippen molar-refractivity contribution in [2.24, 2.45) is 17.3 Å². The van der Waals surface area contributed by atoms with Crippen LogP contribution in [0.25, 0.3) is 11.0 Å². The van der Waals surface area contributed by atoms with Gasteiger partial charge < -0.3 is 15.1 Å². The van der Waals surface area contributed by atoms with Crippen LogP contribution in [0.2, 0.25) is 0 Å². The van der Waals surface area contributed by atoms with E-state index in [0.717, 1.165) is 54.6 Å². The number of piperidine rings is 1. The molecule has 2 aromatic rings. The number of para-hydroxylation sites is 1. The van der Waals surface area contributed by atoms with Gasteiger partial charge in [0.15, 0.2) is 0 Å². The number of carbonyl (C=O) groups excluding carboxylic acids is 1. The van der Waals surface area contributed by atoms with Crippen LogP contribution in [0.5, 0.6) is 0 Å². The van der Waals surface area contributed by atoms with Gasteiger partial charge in [0.1, 0.15) is 11.3 Å². The summed E-state index contributed by atoms with van der Waals surface area (Å²) in [5, 5.41) is 7.85. The van der Waals surface area contributed by atoms with Crippen molar-refractivity contribution in [2.75, 3.05) is 13.1 Å². The van der Waals surface area contributed by atoms with Gasteiger partial charge in [0.25, 0.3) is 0 Å². The zero-order valence-electron chi connectivity index (χ0n) is 15.8. The summed E-state index contributed by atoms with van der Waals surface area (Å²) in [4.78, 5) is 12.9. The smallest absolute Gasteiger partial charge is 0.224 e. The minimum Gasteiger partial charge on any atom is -0.459 e. The molecule has 0 radical (unpaired) electrons. The number of aryl methyl sites for hydroxylation is 1. The van der Waals surface area contributed by atoms with E-state index >= 15 is 0 Å². The van der Waals surface area contributed by atoms with Gasteiger partial charge in [-0.25, -0.2) is 0 Å². The average Bonchev–Trinajstić information content (AvgIpc) is 3.20. The topological polar surface area (TPSA) is 54.3 Å². The lowest BCUT2D eigenvalue weighted by Gasteiger charge is -2.25. The van der Waals surface area contributed by atoms with Gasteiger partial charge in [0.2, 0.25) is 5.91 Å². The second-order valence-electron chi connectivity index (χ2n) is 8.19. The zero-order chi connectivity index (χ0) is 17.6. The Kier molecular flexibility index (Phi) is 5.36. The molecule has 26 heavy (non-hydrogen) atoms. The van der Waals surface area contributed by atoms with E-state index in [-0.39, 0.29) is 41.6 Å². The number of fused-ring (bicyclic) bond motifs is 1. The summed E-state index contributed by atoms with van der Waals surface area (Å²) in [7, 11) is 0. The Balaban J connectivity index is 0.00000196. The number of furan rings is 1. The van der Waals surface area contributed by atoms with Crippen molar-refractivity contribution in [1.82, 2.24) is 10.6 Å². The largest absolute Gasteiger partial charge is 0.459 e. The monoisotopic (exact) mass is 376 g/mol. The Morgan fingerprint density at radius 3 is 2.62 bits per heavy atom. The Hall–Kier alpha value is -1.52. The van der Waals surface area contributed by atoms with E-state index in [4.69, 9.17) is 4.42 Å². The van der Waals surface area contributed by atoms with Crippen molar-refractivity contribution in [1.29, 1.82) is 0 Å². The molecule has 142 valence electrons. The number of benzene rings is 1. The predicted molar refractivity (Wildman–Crippen MR) is 107 cm³/mol. The molecule has 2 N–H and O–H groups in total. The standard InChI is InChI=1S/C21H28N2O2.ClH/c1-13(2)18(19-14(3)15-6-4-5-7-17(15)25-19)23-20(24)16-12-21(16)8-10-22-11-9-21;/h4-7,13,16,18,22H,8-12H2,1-3H3,(H,23,24);1H. The lowest BCUT2D eigenvalue weighted by atomic mass is 9.91. The first-order valence-corrected chi connectivity index (χ1v) is 9.51. The highest BCUT2D eigenvalue weighted by Crippen LogP contribution is 2.58. The molecule has 5 heteroatoms. The number of hydrogen-bond donors (Lipinski definition) is 2. The predicted octanol–water partition coefficient (Wildman–Crippen LogP) is 4.37. The summed E-state index contributed by atoms with van der Waals surface area (Å²) >= 11 is 0. The van der Waals surface area contributed by atoms with Crippen molar-refractivity contribution in [3.63, 3.8) is 0 Å². The lowest BCUT2D eigenvalue weighted by molar-refractivity contribution is -0.124. The summed E-state index contributed by atoms with van der Waals surface area (Å²) in [6.45, 7) is 8.46. The van der Waals surface area contributed by atoms with Crippen molar-refractivity contribution >= 4 is 29.3 Å². The highest BCUT2D eigenvalue weighted by atomic mass is 35.5. The summed E-state index contributed by atoms with van der Waals surface area (Å²) in [6.07, 6.45) is 3.30. The third kappa shape index (κ3) is 3.25. The molecule has 4 nitrogen and oxygen atoms in total. The number of halogens is 1. The summed E-state index contributed by atoms with van der Waals surface area (Å²) in [6, 6.07) is 8.03. The molecule has 1 amide bonds. The van der Waals surface area contributed by atoms with Crippen LogP contribution in [0.3, 0.4) is 0 Å². The normalized spacial score (nSPS) is 22.2. The molecule has 1 aromatic heterocycles. The fourth-order valence-electron chi connectivity index (χ4n) is 4.47. The fourth-order valence-corrected chi connectivity index (χ4v) is 4.47. The molecule has 1 aromatic carbocycles.